The number of anilines is 2. The van der Waals surface area contributed by atoms with Crippen molar-refractivity contribution in [2.75, 3.05) is 22.8 Å². The Morgan fingerprint density at radius 1 is 1.06 bits per heavy atom. The smallest absolute Gasteiger partial charge is 0.338 e. The van der Waals surface area contributed by atoms with E-state index >= 15 is 0 Å². The normalized spacial score (nSPS) is 15.1. The summed E-state index contributed by atoms with van der Waals surface area (Å²) in [6.07, 6.45) is -1.12. The van der Waals surface area contributed by atoms with Crippen molar-refractivity contribution in [1.82, 2.24) is 0 Å². The first-order valence-corrected chi connectivity index (χ1v) is 12.6. The lowest BCUT2D eigenvalue weighted by Gasteiger charge is -2.34. The number of nitrogens with zero attached hydrogens (tertiary/aromatic N) is 1. The largest absolute Gasteiger partial charge is 0.476 e. The van der Waals surface area contributed by atoms with Crippen LogP contribution in [0.3, 0.4) is 0 Å². The van der Waals surface area contributed by atoms with E-state index in [2.05, 4.69) is 5.32 Å². The number of rotatable bonds is 6. The molecule has 0 aliphatic carbocycles. The number of para-hydroxylation sites is 2. The summed E-state index contributed by atoms with van der Waals surface area (Å²) in [7, 11) is -3.95. The number of carbonyl (C=O) groups excluding carboxylic acids is 2. The van der Waals surface area contributed by atoms with Crippen molar-refractivity contribution < 1.29 is 27.5 Å². The lowest BCUT2D eigenvalue weighted by atomic mass is 10.1. The molecule has 3 aromatic carbocycles. The van der Waals surface area contributed by atoms with Crippen molar-refractivity contribution in [3.05, 3.63) is 83.4 Å². The third-order valence-electron chi connectivity index (χ3n) is 5.64. The second-order valence-electron chi connectivity index (χ2n) is 8.16. The number of fused-ring (bicyclic) bond motifs is 1. The zero-order valence-corrected chi connectivity index (χ0v) is 20.5. The molecule has 0 aromatic heterocycles. The first-order chi connectivity index (χ1) is 16.7. The Morgan fingerprint density at radius 3 is 2.49 bits per heavy atom. The van der Waals surface area contributed by atoms with Crippen molar-refractivity contribution >= 4 is 33.3 Å². The van der Waals surface area contributed by atoms with Gasteiger partial charge in [-0.1, -0.05) is 35.9 Å². The van der Waals surface area contributed by atoms with Crippen LogP contribution in [-0.4, -0.2) is 39.5 Å². The molecule has 0 fully saturated rings. The SMILES string of the molecule is CCOC(=O)c1ccc(C)c(NC(=O)C2CN(S(=O)(=O)c3ccc(C)cc3)c3ccccc3O2)c1. The van der Waals surface area contributed by atoms with Crippen LogP contribution in [-0.2, 0) is 19.6 Å². The van der Waals surface area contributed by atoms with E-state index in [4.69, 9.17) is 9.47 Å². The number of ether oxygens (including phenoxy) is 2. The number of hydrogen-bond donors (Lipinski definition) is 1. The van der Waals surface area contributed by atoms with Crippen molar-refractivity contribution in [3.63, 3.8) is 0 Å². The second-order valence-corrected chi connectivity index (χ2v) is 10.0. The molecule has 35 heavy (non-hydrogen) atoms. The summed E-state index contributed by atoms with van der Waals surface area (Å²) in [5.74, 6) is -0.750. The molecule has 1 N–H and O–H groups in total. The Labute approximate surface area is 204 Å². The van der Waals surface area contributed by atoms with Gasteiger partial charge in [-0.25, -0.2) is 13.2 Å². The van der Waals surface area contributed by atoms with E-state index in [1.165, 1.54) is 10.4 Å². The molecular weight excluding hydrogens is 468 g/mol. The molecule has 0 radical (unpaired) electrons. The number of amides is 1. The van der Waals surface area contributed by atoms with Gasteiger partial charge in [-0.05, 0) is 62.7 Å². The summed E-state index contributed by atoms with van der Waals surface area (Å²) in [6.45, 7) is 5.39. The van der Waals surface area contributed by atoms with E-state index in [0.717, 1.165) is 11.1 Å². The fourth-order valence-electron chi connectivity index (χ4n) is 3.72. The first kappa shape index (κ1) is 24.3. The molecular formula is C26H26N2O6S. The quantitative estimate of drug-likeness (QED) is 0.518. The minimum Gasteiger partial charge on any atom is -0.476 e. The van der Waals surface area contributed by atoms with Crippen LogP contribution in [0.4, 0.5) is 11.4 Å². The summed E-state index contributed by atoms with van der Waals surface area (Å²) < 4.78 is 39.1. The lowest BCUT2D eigenvalue weighted by molar-refractivity contribution is -0.122. The number of aryl methyl sites for hydroxylation is 2. The number of sulfonamides is 1. The Kier molecular flexibility index (Phi) is 6.79. The van der Waals surface area contributed by atoms with Crippen LogP contribution < -0.4 is 14.4 Å². The topological polar surface area (TPSA) is 102 Å². The third kappa shape index (κ3) is 5.00. The van der Waals surface area contributed by atoms with Crippen LogP contribution in [0, 0.1) is 13.8 Å². The highest BCUT2D eigenvalue weighted by Crippen LogP contribution is 2.37. The Balaban J connectivity index is 1.63. The maximum absolute atomic E-state index is 13.5. The molecule has 1 unspecified atom stereocenters. The lowest BCUT2D eigenvalue weighted by Crippen LogP contribution is -2.48. The van der Waals surface area contributed by atoms with E-state index in [0.29, 0.717) is 16.9 Å². The van der Waals surface area contributed by atoms with Crippen LogP contribution >= 0.6 is 0 Å². The highest BCUT2D eigenvalue weighted by molar-refractivity contribution is 7.92. The van der Waals surface area contributed by atoms with Gasteiger partial charge in [0.1, 0.15) is 5.75 Å². The number of nitrogens with one attached hydrogen (secondary N) is 1. The van der Waals surface area contributed by atoms with Gasteiger partial charge in [0.05, 0.1) is 29.3 Å². The van der Waals surface area contributed by atoms with Gasteiger partial charge in [-0.15, -0.1) is 0 Å². The molecule has 3 aromatic rings. The third-order valence-corrected chi connectivity index (χ3v) is 7.44. The maximum atomic E-state index is 13.5. The summed E-state index contributed by atoms with van der Waals surface area (Å²) >= 11 is 0. The molecule has 1 aliphatic rings. The predicted molar refractivity (Wildman–Crippen MR) is 132 cm³/mol. The van der Waals surface area contributed by atoms with Gasteiger partial charge >= 0.3 is 5.97 Å². The molecule has 0 bridgehead atoms. The van der Waals surface area contributed by atoms with Gasteiger partial charge in [0.2, 0.25) is 0 Å². The van der Waals surface area contributed by atoms with Crippen molar-refractivity contribution in [1.29, 1.82) is 0 Å². The monoisotopic (exact) mass is 494 g/mol. The molecule has 0 saturated carbocycles. The molecule has 0 spiro atoms. The standard InChI is InChI=1S/C26H26N2O6S/c1-4-33-26(30)19-12-11-18(3)21(15-19)27-25(29)24-16-28(22-7-5-6-8-23(22)34-24)35(31,32)20-13-9-17(2)10-14-20/h5-15,24H,4,16H2,1-3H3,(H,27,29). The first-order valence-electron chi connectivity index (χ1n) is 11.1. The van der Waals surface area contributed by atoms with Crippen LogP contribution in [0.2, 0.25) is 0 Å². The highest BCUT2D eigenvalue weighted by atomic mass is 32.2. The Bertz CT molecular complexity index is 1370. The molecule has 9 heteroatoms. The van der Waals surface area contributed by atoms with Gasteiger partial charge < -0.3 is 14.8 Å². The molecule has 0 saturated heterocycles. The van der Waals surface area contributed by atoms with Crippen LogP contribution in [0.5, 0.6) is 5.75 Å². The van der Waals surface area contributed by atoms with Crippen LogP contribution in [0.15, 0.2) is 71.6 Å². The summed E-state index contributed by atoms with van der Waals surface area (Å²) in [5, 5.41) is 2.77. The van der Waals surface area contributed by atoms with Crippen molar-refractivity contribution in [2.24, 2.45) is 0 Å². The summed E-state index contributed by atoms with van der Waals surface area (Å²) in [4.78, 5) is 25.4. The highest BCUT2D eigenvalue weighted by Gasteiger charge is 2.37. The van der Waals surface area contributed by atoms with Crippen LogP contribution in [0.1, 0.15) is 28.4 Å². The summed E-state index contributed by atoms with van der Waals surface area (Å²) in [5.41, 5.74) is 2.73. The van der Waals surface area contributed by atoms with Gasteiger partial charge in [-0.3, -0.25) is 9.10 Å². The number of carbonyl (C=O) groups is 2. The van der Waals surface area contributed by atoms with Crippen molar-refractivity contribution in [2.45, 2.75) is 31.8 Å². The number of hydrogen-bond acceptors (Lipinski definition) is 6. The van der Waals surface area contributed by atoms with Crippen LogP contribution in [0.25, 0.3) is 0 Å². The Hall–Kier alpha value is -3.85. The van der Waals surface area contributed by atoms with E-state index in [1.807, 2.05) is 6.92 Å². The van der Waals surface area contributed by atoms with Gasteiger partial charge in [0.15, 0.2) is 6.10 Å². The maximum Gasteiger partial charge on any atom is 0.338 e. The molecule has 1 heterocycles. The fraction of sp³-hybridized carbons (Fsp3) is 0.231. The predicted octanol–water partition coefficient (Wildman–Crippen LogP) is 4.08. The second kappa shape index (κ2) is 9.79. The average molecular weight is 495 g/mol. The van der Waals surface area contributed by atoms with Crippen molar-refractivity contribution in [3.8, 4) is 5.75 Å². The molecule has 1 amide bonds. The van der Waals surface area contributed by atoms with E-state index in [1.54, 1.807) is 74.5 Å². The van der Waals surface area contributed by atoms with E-state index < -0.39 is 28.0 Å². The average Bonchev–Trinajstić information content (AvgIpc) is 2.85. The number of esters is 1. The molecule has 182 valence electrons. The van der Waals surface area contributed by atoms with Gasteiger partial charge in [0, 0.05) is 5.69 Å². The van der Waals surface area contributed by atoms with E-state index in [-0.39, 0.29) is 23.8 Å². The fourth-order valence-corrected chi connectivity index (χ4v) is 5.19. The van der Waals surface area contributed by atoms with Gasteiger partial charge in [-0.2, -0.15) is 0 Å². The Morgan fingerprint density at radius 2 is 1.77 bits per heavy atom. The zero-order valence-electron chi connectivity index (χ0n) is 19.6. The minimum atomic E-state index is -3.95. The minimum absolute atomic E-state index is 0.122. The molecule has 8 nitrogen and oxygen atoms in total. The number of benzene rings is 3. The molecule has 1 aliphatic heterocycles. The van der Waals surface area contributed by atoms with E-state index in [9.17, 15) is 18.0 Å². The molecule has 1 atom stereocenters. The molecule has 4 rings (SSSR count). The summed E-state index contributed by atoms with van der Waals surface area (Å²) in [6, 6.07) is 18.1. The van der Waals surface area contributed by atoms with Gasteiger partial charge in [0.25, 0.3) is 15.9 Å². The zero-order chi connectivity index (χ0) is 25.2.